The van der Waals surface area contributed by atoms with Gasteiger partial charge in [-0.05, 0) is 33.2 Å². The molecule has 0 aliphatic rings. The zero-order chi connectivity index (χ0) is 16.4. The number of nitrogens with zero attached hydrogens (tertiary/aromatic N) is 3. The fourth-order valence-corrected chi connectivity index (χ4v) is 2.88. The van der Waals surface area contributed by atoms with Crippen LogP contribution in [0.1, 0.15) is 24.6 Å². The van der Waals surface area contributed by atoms with E-state index in [9.17, 15) is 4.79 Å². The molecule has 0 bridgehead atoms. The lowest BCUT2D eigenvalue weighted by Gasteiger charge is -2.12. The van der Waals surface area contributed by atoms with Gasteiger partial charge < -0.3 is 10.3 Å². The molecule has 0 spiro atoms. The summed E-state index contributed by atoms with van der Waals surface area (Å²) in [5.41, 5.74) is 10.4. The molecule has 0 radical (unpaired) electrons. The number of fused-ring (bicyclic) bond motifs is 1. The van der Waals surface area contributed by atoms with Gasteiger partial charge in [-0.2, -0.15) is 9.61 Å². The van der Waals surface area contributed by atoms with Crippen molar-refractivity contribution in [3.63, 3.8) is 0 Å². The summed E-state index contributed by atoms with van der Waals surface area (Å²) < 4.78 is 3.63. The van der Waals surface area contributed by atoms with Crippen LogP contribution in [0.2, 0.25) is 0 Å². The number of rotatable bonds is 5. The minimum absolute atomic E-state index is 0.0879. The highest BCUT2D eigenvalue weighted by atomic mass is 16.1. The third-order valence-corrected chi connectivity index (χ3v) is 4.11. The van der Waals surface area contributed by atoms with Gasteiger partial charge in [-0.25, -0.2) is 0 Å². The predicted molar refractivity (Wildman–Crippen MR) is 92.7 cm³/mol. The molecule has 1 aromatic carbocycles. The van der Waals surface area contributed by atoms with Crippen LogP contribution in [-0.2, 0) is 13.0 Å². The van der Waals surface area contributed by atoms with Crippen LogP contribution >= 0.6 is 0 Å². The van der Waals surface area contributed by atoms with E-state index in [1.165, 1.54) is 10.1 Å². The predicted octanol–water partition coefficient (Wildman–Crippen LogP) is 2.38. The first-order valence-corrected chi connectivity index (χ1v) is 8.03. The maximum absolute atomic E-state index is 12.4. The summed E-state index contributed by atoms with van der Waals surface area (Å²) in [6, 6.07) is 11.8. The van der Waals surface area contributed by atoms with E-state index in [4.69, 9.17) is 5.73 Å². The monoisotopic (exact) mass is 310 g/mol. The Bertz CT molecular complexity index is 874. The summed E-state index contributed by atoms with van der Waals surface area (Å²) in [7, 11) is 0. The molecule has 0 aliphatic carbocycles. The zero-order valence-electron chi connectivity index (χ0n) is 13.6. The van der Waals surface area contributed by atoms with Crippen molar-refractivity contribution in [1.82, 2.24) is 14.2 Å². The van der Waals surface area contributed by atoms with Crippen LogP contribution in [0.25, 0.3) is 16.9 Å². The van der Waals surface area contributed by atoms with Gasteiger partial charge in [-0.3, -0.25) is 4.79 Å². The first-order chi connectivity index (χ1) is 11.1. The minimum Gasteiger partial charge on any atom is -0.330 e. The number of hydrogen-bond acceptors (Lipinski definition) is 3. The Hall–Kier alpha value is -2.40. The van der Waals surface area contributed by atoms with Crippen LogP contribution in [-0.4, -0.2) is 20.7 Å². The summed E-state index contributed by atoms with van der Waals surface area (Å²) in [4.78, 5) is 12.4. The molecule has 0 aliphatic heterocycles. The van der Waals surface area contributed by atoms with Gasteiger partial charge in [0.25, 0.3) is 5.56 Å². The molecule has 2 N–H and O–H groups in total. The van der Waals surface area contributed by atoms with Gasteiger partial charge in [0.1, 0.15) is 5.65 Å². The second-order valence-corrected chi connectivity index (χ2v) is 5.78. The van der Waals surface area contributed by atoms with E-state index in [-0.39, 0.29) is 5.56 Å². The second kappa shape index (κ2) is 6.38. The summed E-state index contributed by atoms with van der Waals surface area (Å²) >= 11 is 0. The van der Waals surface area contributed by atoms with E-state index in [0.717, 1.165) is 42.0 Å². The van der Waals surface area contributed by atoms with Crippen LogP contribution in [0, 0.1) is 6.92 Å². The van der Waals surface area contributed by atoms with Crippen molar-refractivity contribution in [1.29, 1.82) is 0 Å². The topological polar surface area (TPSA) is 65.3 Å². The van der Waals surface area contributed by atoms with Gasteiger partial charge >= 0.3 is 0 Å². The van der Waals surface area contributed by atoms with Crippen molar-refractivity contribution in [3.8, 4) is 11.3 Å². The Morgan fingerprint density at radius 3 is 2.57 bits per heavy atom. The van der Waals surface area contributed by atoms with Crippen LogP contribution in [0.5, 0.6) is 0 Å². The van der Waals surface area contributed by atoms with Crippen LogP contribution in [0.3, 0.4) is 0 Å². The molecule has 0 fully saturated rings. The van der Waals surface area contributed by atoms with Gasteiger partial charge in [0.15, 0.2) is 0 Å². The molecule has 0 saturated carbocycles. The first-order valence-electron chi connectivity index (χ1n) is 8.03. The van der Waals surface area contributed by atoms with Gasteiger partial charge in [0.05, 0.1) is 5.69 Å². The third kappa shape index (κ3) is 2.92. The van der Waals surface area contributed by atoms with Gasteiger partial charge in [0.2, 0.25) is 0 Å². The molecule has 3 rings (SSSR count). The molecule has 0 atom stereocenters. The van der Waals surface area contributed by atoms with Crippen LogP contribution < -0.4 is 11.3 Å². The first kappa shape index (κ1) is 15.5. The number of aryl methyl sites for hydroxylation is 3. The van der Waals surface area contributed by atoms with E-state index in [1.54, 1.807) is 6.07 Å². The quantitative estimate of drug-likeness (QED) is 0.787. The number of benzene rings is 1. The molecule has 2 heterocycles. The molecule has 0 unspecified atom stereocenters. The van der Waals surface area contributed by atoms with Gasteiger partial charge in [-0.15, -0.1) is 0 Å². The third-order valence-electron chi connectivity index (χ3n) is 4.11. The van der Waals surface area contributed by atoms with Gasteiger partial charge in [-0.1, -0.05) is 29.8 Å². The maximum Gasteiger partial charge on any atom is 0.274 e. The average molecular weight is 310 g/mol. The number of aromatic nitrogens is 3. The van der Waals surface area contributed by atoms with Gasteiger partial charge in [0, 0.05) is 29.9 Å². The van der Waals surface area contributed by atoms with Crippen LogP contribution in [0.15, 0.2) is 41.2 Å². The molecule has 2 aromatic heterocycles. The Labute approximate surface area is 135 Å². The lowest BCUT2D eigenvalue weighted by atomic mass is 10.1. The zero-order valence-corrected chi connectivity index (χ0v) is 13.6. The Kier molecular flexibility index (Phi) is 4.30. The highest BCUT2D eigenvalue weighted by Gasteiger charge is 2.12. The number of nitrogens with two attached hydrogens (primary N) is 1. The van der Waals surface area contributed by atoms with Crippen molar-refractivity contribution in [2.24, 2.45) is 5.73 Å². The molecule has 0 amide bonds. The molecular weight excluding hydrogens is 288 g/mol. The maximum atomic E-state index is 12.4. The van der Waals surface area contributed by atoms with Crippen molar-refractivity contribution < 1.29 is 0 Å². The van der Waals surface area contributed by atoms with E-state index in [2.05, 4.69) is 35.6 Å². The van der Waals surface area contributed by atoms with E-state index >= 15 is 0 Å². The fourth-order valence-electron chi connectivity index (χ4n) is 2.88. The molecule has 5 nitrogen and oxygen atoms in total. The van der Waals surface area contributed by atoms with Crippen molar-refractivity contribution in [2.45, 2.75) is 33.2 Å². The van der Waals surface area contributed by atoms with Crippen molar-refractivity contribution in [2.75, 3.05) is 6.54 Å². The summed E-state index contributed by atoms with van der Waals surface area (Å²) in [5.74, 6) is 0. The Morgan fingerprint density at radius 2 is 1.91 bits per heavy atom. The lowest BCUT2D eigenvalue weighted by Crippen LogP contribution is -2.21. The molecule has 23 heavy (non-hydrogen) atoms. The van der Waals surface area contributed by atoms with Crippen LogP contribution in [0.4, 0.5) is 0 Å². The normalized spacial score (nSPS) is 11.3. The number of hydrogen-bond donors (Lipinski definition) is 1. The highest BCUT2D eigenvalue weighted by Crippen LogP contribution is 2.20. The molecule has 3 aromatic rings. The highest BCUT2D eigenvalue weighted by molar-refractivity contribution is 5.64. The Balaban J connectivity index is 2.16. The minimum atomic E-state index is -0.0879. The van der Waals surface area contributed by atoms with E-state index in [1.807, 2.05) is 18.2 Å². The fraction of sp³-hybridized carbons (Fsp3) is 0.333. The summed E-state index contributed by atoms with van der Waals surface area (Å²) in [5, 5.41) is 4.50. The SMILES string of the molecule is CCn1c(CCCN)cc(=O)n2nc(-c3ccc(C)cc3)cc12. The van der Waals surface area contributed by atoms with Crippen molar-refractivity contribution in [3.05, 3.63) is 58.0 Å². The standard InChI is InChI=1S/C18H22N4O/c1-3-21-15(5-4-10-19)11-18(23)22-17(21)12-16(20-22)14-8-6-13(2)7-9-14/h6-9,11-12H,3-5,10,19H2,1-2H3. The summed E-state index contributed by atoms with van der Waals surface area (Å²) in [6.45, 7) is 5.55. The molecule has 120 valence electrons. The van der Waals surface area contributed by atoms with E-state index < -0.39 is 0 Å². The van der Waals surface area contributed by atoms with Crippen molar-refractivity contribution >= 4 is 5.65 Å². The molecular formula is C18H22N4O. The smallest absolute Gasteiger partial charge is 0.274 e. The lowest BCUT2D eigenvalue weighted by molar-refractivity contribution is 0.669. The largest absolute Gasteiger partial charge is 0.330 e. The second-order valence-electron chi connectivity index (χ2n) is 5.78. The summed E-state index contributed by atoms with van der Waals surface area (Å²) in [6.07, 6.45) is 1.68. The average Bonchev–Trinajstić information content (AvgIpc) is 2.99. The van der Waals surface area contributed by atoms with E-state index in [0.29, 0.717) is 6.54 Å². The Morgan fingerprint density at radius 1 is 1.17 bits per heavy atom. The molecule has 0 saturated heterocycles. The molecule has 5 heteroatoms.